The fraction of sp³-hybridized carbons (Fsp3) is 0.250. The van der Waals surface area contributed by atoms with Gasteiger partial charge in [0, 0.05) is 6.04 Å². The summed E-state index contributed by atoms with van der Waals surface area (Å²) >= 11 is 0. The molecule has 0 bridgehead atoms. The number of hydrogen-bond acceptors (Lipinski definition) is 1. The second-order valence-electron chi connectivity index (χ2n) is 4.37. The van der Waals surface area contributed by atoms with E-state index in [0.717, 1.165) is 12.8 Å². The summed E-state index contributed by atoms with van der Waals surface area (Å²) < 4.78 is 0. The summed E-state index contributed by atoms with van der Waals surface area (Å²) in [7, 11) is 2.04. The molecule has 1 N–H and O–H groups in total. The van der Waals surface area contributed by atoms with Crippen molar-refractivity contribution >= 4 is 0 Å². The molecule has 0 aliphatic rings. The van der Waals surface area contributed by atoms with Gasteiger partial charge in [0.25, 0.3) is 0 Å². The van der Waals surface area contributed by atoms with Crippen molar-refractivity contribution in [2.75, 3.05) is 7.05 Å². The Morgan fingerprint density at radius 1 is 0.765 bits per heavy atom. The van der Waals surface area contributed by atoms with E-state index < -0.39 is 0 Å². The highest BCUT2D eigenvalue weighted by Gasteiger charge is 2.07. The summed E-state index contributed by atoms with van der Waals surface area (Å²) in [6.07, 6.45) is 2.15. The molecule has 0 heterocycles. The Labute approximate surface area is 103 Å². The van der Waals surface area contributed by atoms with E-state index in [1.807, 2.05) is 7.05 Å². The molecule has 0 aliphatic carbocycles. The van der Waals surface area contributed by atoms with E-state index in [2.05, 4.69) is 66.0 Å². The van der Waals surface area contributed by atoms with Crippen LogP contribution < -0.4 is 5.32 Å². The lowest BCUT2D eigenvalue weighted by Crippen LogP contribution is -2.29. The molecule has 88 valence electrons. The van der Waals surface area contributed by atoms with Crippen molar-refractivity contribution in [2.45, 2.75) is 18.9 Å². The molecule has 0 saturated carbocycles. The molecular formula is C16H19N. The minimum Gasteiger partial charge on any atom is -0.316 e. The molecule has 1 nitrogen and oxygen atoms in total. The molecule has 2 rings (SSSR count). The van der Waals surface area contributed by atoms with Gasteiger partial charge in [-0.15, -0.1) is 0 Å². The summed E-state index contributed by atoms with van der Waals surface area (Å²) in [6, 6.07) is 21.8. The largest absolute Gasteiger partial charge is 0.316 e. The van der Waals surface area contributed by atoms with Crippen LogP contribution in [0.4, 0.5) is 0 Å². The van der Waals surface area contributed by atoms with Crippen molar-refractivity contribution in [3.05, 3.63) is 71.8 Å². The molecule has 0 amide bonds. The van der Waals surface area contributed by atoms with Gasteiger partial charge in [-0.2, -0.15) is 0 Å². The Morgan fingerprint density at radius 2 is 1.18 bits per heavy atom. The summed E-state index contributed by atoms with van der Waals surface area (Å²) in [5.74, 6) is 0. The van der Waals surface area contributed by atoms with Crippen LogP contribution in [0.1, 0.15) is 11.1 Å². The SMILES string of the molecule is CNC(Cc1ccccc1)Cc1ccccc1. The third-order valence-electron chi connectivity index (χ3n) is 3.06. The Bertz CT molecular complexity index is 380. The molecule has 17 heavy (non-hydrogen) atoms. The molecular weight excluding hydrogens is 206 g/mol. The summed E-state index contributed by atoms with van der Waals surface area (Å²) in [6.45, 7) is 0. The second kappa shape index (κ2) is 6.21. The first-order chi connectivity index (χ1) is 8.38. The normalized spacial score (nSPS) is 10.7. The number of likely N-dealkylation sites (N-methyl/N-ethyl adjacent to an activating group) is 1. The zero-order chi connectivity index (χ0) is 11.9. The molecule has 1 heteroatoms. The fourth-order valence-electron chi connectivity index (χ4n) is 2.07. The van der Waals surface area contributed by atoms with Gasteiger partial charge in [0.1, 0.15) is 0 Å². The predicted molar refractivity (Wildman–Crippen MR) is 73.1 cm³/mol. The minimum atomic E-state index is 0.500. The highest BCUT2D eigenvalue weighted by molar-refractivity contribution is 5.19. The van der Waals surface area contributed by atoms with Gasteiger partial charge in [-0.05, 0) is 31.0 Å². The molecule has 0 fully saturated rings. The van der Waals surface area contributed by atoms with E-state index >= 15 is 0 Å². The van der Waals surface area contributed by atoms with Crippen LogP contribution in [0.5, 0.6) is 0 Å². The minimum absolute atomic E-state index is 0.500. The van der Waals surface area contributed by atoms with Gasteiger partial charge < -0.3 is 5.32 Å². The molecule has 0 spiro atoms. The maximum Gasteiger partial charge on any atom is 0.0145 e. The van der Waals surface area contributed by atoms with Crippen LogP contribution in [0.2, 0.25) is 0 Å². The Balaban J connectivity index is 1.98. The lowest BCUT2D eigenvalue weighted by atomic mass is 9.99. The monoisotopic (exact) mass is 225 g/mol. The first kappa shape index (κ1) is 11.9. The van der Waals surface area contributed by atoms with Crippen LogP contribution in [0.25, 0.3) is 0 Å². The molecule has 2 aromatic rings. The van der Waals surface area contributed by atoms with Gasteiger partial charge in [-0.3, -0.25) is 0 Å². The first-order valence-electron chi connectivity index (χ1n) is 6.13. The number of nitrogens with one attached hydrogen (secondary N) is 1. The van der Waals surface area contributed by atoms with Crippen molar-refractivity contribution in [3.8, 4) is 0 Å². The lowest BCUT2D eigenvalue weighted by Gasteiger charge is -2.16. The first-order valence-corrected chi connectivity index (χ1v) is 6.13. The summed E-state index contributed by atoms with van der Waals surface area (Å²) in [5, 5.41) is 3.40. The zero-order valence-corrected chi connectivity index (χ0v) is 10.3. The number of rotatable bonds is 5. The van der Waals surface area contributed by atoms with Crippen LogP contribution in [0, 0.1) is 0 Å². The van der Waals surface area contributed by atoms with Gasteiger partial charge in [0.2, 0.25) is 0 Å². The van der Waals surface area contributed by atoms with Gasteiger partial charge in [0.15, 0.2) is 0 Å². The maximum atomic E-state index is 3.40. The Hall–Kier alpha value is -1.60. The van der Waals surface area contributed by atoms with Crippen molar-refractivity contribution in [2.24, 2.45) is 0 Å². The molecule has 0 saturated heterocycles. The summed E-state index contributed by atoms with van der Waals surface area (Å²) in [5.41, 5.74) is 2.78. The predicted octanol–water partition coefficient (Wildman–Crippen LogP) is 3.06. The standard InChI is InChI=1S/C16H19N/c1-17-16(12-14-8-4-2-5-9-14)13-15-10-6-3-7-11-15/h2-11,16-17H,12-13H2,1H3. The molecule has 0 aliphatic heterocycles. The van der Waals surface area contributed by atoms with Crippen molar-refractivity contribution in [3.63, 3.8) is 0 Å². The molecule has 0 aromatic heterocycles. The second-order valence-corrected chi connectivity index (χ2v) is 4.37. The number of benzene rings is 2. The third-order valence-corrected chi connectivity index (χ3v) is 3.06. The quantitative estimate of drug-likeness (QED) is 0.824. The van der Waals surface area contributed by atoms with E-state index in [1.54, 1.807) is 0 Å². The van der Waals surface area contributed by atoms with Gasteiger partial charge in [0.05, 0.1) is 0 Å². The van der Waals surface area contributed by atoms with E-state index in [0.29, 0.717) is 6.04 Å². The van der Waals surface area contributed by atoms with Gasteiger partial charge in [-0.1, -0.05) is 60.7 Å². The Morgan fingerprint density at radius 3 is 1.53 bits per heavy atom. The average Bonchev–Trinajstić information content (AvgIpc) is 2.40. The van der Waals surface area contributed by atoms with Crippen LogP contribution in [-0.4, -0.2) is 13.1 Å². The van der Waals surface area contributed by atoms with Gasteiger partial charge in [-0.25, -0.2) is 0 Å². The summed E-state index contributed by atoms with van der Waals surface area (Å²) in [4.78, 5) is 0. The average molecular weight is 225 g/mol. The Kier molecular flexibility index (Phi) is 4.34. The van der Waals surface area contributed by atoms with E-state index in [1.165, 1.54) is 11.1 Å². The van der Waals surface area contributed by atoms with E-state index in [-0.39, 0.29) is 0 Å². The smallest absolute Gasteiger partial charge is 0.0145 e. The van der Waals surface area contributed by atoms with Gasteiger partial charge >= 0.3 is 0 Å². The van der Waals surface area contributed by atoms with Crippen LogP contribution in [0.3, 0.4) is 0 Å². The maximum absolute atomic E-state index is 3.40. The number of hydrogen-bond donors (Lipinski definition) is 1. The van der Waals surface area contributed by atoms with Crippen molar-refractivity contribution in [1.29, 1.82) is 0 Å². The van der Waals surface area contributed by atoms with Crippen LogP contribution >= 0.6 is 0 Å². The molecule has 0 atom stereocenters. The molecule has 0 radical (unpaired) electrons. The fourth-order valence-corrected chi connectivity index (χ4v) is 2.07. The van der Waals surface area contributed by atoms with Crippen molar-refractivity contribution in [1.82, 2.24) is 5.32 Å². The van der Waals surface area contributed by atoms with Crippen molar-refractivity contribution < 1.29 is 0 Å². The van der Waals surface area contributed by atoms with E-state index in [9.17, 15) is 0 Å². The zero-order valence-electron chi connectivity index (χ0n) is 10.3. The highest BCUT2D eigenvalue weighted by atomic mass is 14.9. The molecule has 0 unspecified atom stereocenters. The topological polar surface area (TPSA) is 12.0 Å². The van der Waals surface area contributed by atoms with E-state index in [4.69, 9.17) is 0 Å². The molecule has 2 aromatic carbocycles. The van der Waals surface area contributed by atoms with Crippen LogP contribution in [-0.2, 0) is 12.8 Å². The third kappa shape index (κ3) is 3.72. The van der Waals surface area contributed by atoms with Crippen LogP contribution in [0.15, 0.2) is 60.7 Å². The highest BCUT2D eigenvalue weighted by Crippen LogP contribution is 2.08. The lowest BCUT2D eigenvalue weighted by molar-refractivity contribution is 0.556.